The first-order valence-electron chi connectivity index (χ1n) is 38.0. The minimum atomic E-state index is 0.00477. The predicted molar refractivity (Wildman–Crippen MR) is 423 cm³/mol. The SMILES string of the molecule is CC1(COc2ccc(-c3nccc(Nc4ccc(N5CCN(C6COC6)CC5)cc4)n3)cc2C#N)COC1.COc1cc(Nc2ccnc(-c3ccc(OC4CCOCC4)c(C#N)c3)n2)ccc1N1CCN(C)CC1.N#Cc1cc(-c2nccc(Nc3ccc(N4CCN(C5COC5)CC4)cc3)n2)ccc1OC1COC1. The van der Waals surface area contributed by atoms with Gasteiger partial charge in [-0.05, 0) is 141 Å². The van der Waals surface area contributed by atoms with Crippen molar-refractivity contribution in [1.29, 1.82) is 15.8 Å². The van der Waals surface area contributed by atoms with Crippen LogP contribution in [0.2, 0.25) is 0 Å². The van der Waals surface area contributed by atoms with Crippen LogP contribution in [0.1, 0.15) is 36.5 Å². The molecular formula is C84H92N18O9. The Balaban J connectivity index is 0.000000132. The minimum absolute atomic E-state index is 0.00477. The van der Waals surface area contributed by atoms with Crippen LogP contribution in [0.4, 0.5) is 51.6 Å². The Kier molecular flexibility index (Phi) is 24.1. The van der Waals surface area contributed by atoms with E-state index in [4.69, 9.17) is 42.6 Å². The first-order valence-corrected chi connectivity index (χ1v) is 38.0. The van der Waals surface area contributed by atoms with Gasteiger partial charge in [-0.25, -0.2) is 29.9 Å². The normalized spacial score (nSPS) is 18.2. The van der Waals surface area contributed by atoms with Gasteiger partial charge in [0, 0.05) is 167 Å². The van der Waals surface area contributed by atoms with Crippen LogP contribution in [-0.4, -0.2) is 234 Å². The number of rotatable bonds is 22. The Hall–Kier alpha value is -11.3. The Bertz CT molecular complexity index is 4760. The number of nitrogens with one attached hydrogen (secondary N) is 3. The molecule has 0 bridgehead atoms. The summed E-state index contributed by atoms with van der Waals surface area (Å²) in [5, 5.41) is 39.1. The molecule has 0 atom stereocenters. The number of hydrogen-bond acceptors (Lipinski definition) is 27. The fourth-order valence-electron chi connectivity index (χ4n) is 14.1. The van der Waals surface area contributed by atoms with Crippen molar-refractivity contribution in [1.82, 2.24) is 44.6 Å². The van der Waals surface area contributed by atoms with E-state index in [0.29, 0.717) is 127 Å². The van der Waals surface area contributed by atoms with E-state index in [1.807, 2.05) is 60.7 Å². The highest BCUT2D eigenvalue weighted by Crippen LogP contribution is 2.37. The Labute approximate surface area is 647 Å². The summed E-state index contributed by atoms with van der Waals surface area (Å²) in [5.74, 6) is 6.18. The fourth-order valence-corrected chi connectivity index (χ4v) is 14.1. The van der Waals surface area contributed by atoms with Crippen molar-refractivity contribution in [3.8, 4) is 75.4 Å². The van der Waals surface area contributed by atoms with Crippen molar-refractivity contribution in [3.63, 3.8) is 0 Å². The van der Waals surface area contributed by atoms with Crippen molar-refractivity contribution in [2.45, 2.75) is 44.1 Å². The highest BCUT2D eigenvalue weighted by atomic mass is 16.6. The molecule has 8 aliphatic heterocycles. The maximum Gasteiger partial charge on any atom is 0.161 e. The molecule has 17 rings (SSSR count). The van der Waals surface area contributed by atoms with Gasteiger partial charge in [0.1, 0.15) is 70.9 Å². The van der Waals surface area contributed by atoms with Crippen LogP contribution in [0.5, 0.6) is 23.0 Å². The Morgan fingerprint density at radius 3 is 1.28 bits per heavy atom. The molecular weight excluding hydrogens is 1410 g/mol. The number of anilines is 9. The molecule has 27 nitrogen and oxygen atoms in total. The van der Waals surface area contributed by atoms with Crippen LogP contribution in [0.25, 0.3) is 34.2 Å². The monoisotopic (exact) mass is 1500 g/mol. The van der Waals surface area contributed by atoms with E-state index in [1.165, 1.54) is 11.4 Å². The second kappa shape index (κ2) is 35.6. The van der Waals surface area contributed by atoms with E-state index in [1.54, 1.807) is 50.0 Å². The van der Waals surface area contributed by atoms with Gasteiger partial charge in [-0.3, -0.25) is 9.80 Å². The van der Waals surface area contributed by atoms with E-state index >= 15 is 0 Å². The van der Waals surface area contributed by atoms with Crippen LogP contribution in [0, 0.1) is 39.4 Å². The smallest absolute Gasteiger partial charge is 0.161 e. The summed E-state index contributed by atoms with van der Waals surface area (Å²) in [7, 11) is 3.85. The summed E-state index contributed by atoms with van der Waals surface area (Å²) >= 11 is 0. The number of hydrogen-bond donors (Lipinski definition) is 3. The number of nitrogens with zero attached hydrogens (tertiary/aromatic N) is 15. The van der Waals surface area contributed by atoms with Crippen LogP contribution in [0.15, 0.2) is 158 Å². The lowest BCUT2D eigenvalue weighted by molar-refractivity contribution is -0.120. The molecule has 0 spiro atoms. The third kappa shape index (κ3) is 19.0. The summed E-state index contributed by atoms with van der Waals surface area (Å²) in [4.78, 5) is 41.9. The zero-order chi connectivity index (χ0) is 75.9. The molecule has 0 unspecified atom stereocenters. The number of nitriles is 3. The molecule has 0 aliphatic carbocycles. The average Bonchev–Trinajstić information content (AvgIpc) is 0.834. The number of piperazine rings is 3. The van der Waals surface area contributed by atoms with Gasteiger partial charge >= 0.3 is 0 Å². The first-order chi connectivity index (χ1) is 54.5. The van der Waals surface area contributed by atoms with Crippen LogP contribution in [-0.2, 0) is 23.7 Å². The van der Waals surface area contributed by atoms with Gasteiger partial charge in [-0.2, -0.15) is 15.8 Å². The summed E-state index contributed by atoms with van der Waals surface area (Å²) in [5.41, 5.74) is 10.0. The quantitative estimate of drug-likeness (QED) is 0.0568. The molecule has 0 radical (unpaired) electrons. The maximum atomic E-state index is 9.72. The van der Waals surface area contributed by atoms with Crippen molar-refractivity contribution in [2.24, 2.45) is 5.41 Å². The lowest BCUT2D eigenvalue weighted by atomic mass is 9.90. The number of likely N-dealkylation sites (N-methyl/N-ethyl adjacent to an activating group) is 1. The van der Waals surface area contributed by atoms with Crippen molar-refractivity contribution < 1.29 is 42.6 Å². The molecule has 11 heterocycles. The summed E-state index contributed by atoms with van der Waals surface area (Å²) in [6.45, 7) is 22.4. The molecule has 3 N–H and O–H groups in total. The van der Waals surface area contributed by atoms with Crippen molar-refractivity contribution in [2.75, 3.05) is 196 Å². The van der Waals surface area contributed by atoms with Gasteiger partial charge in [0.25, 0.3) is 0 Å². The highest BCUT2D eigenvalue weighted by Gasteiger charge is 2.35. The van der Waals surface area contributed by atoms with Crippen molar-refractivity contribution >= 4 is 51.6 Å². The van der Waals surface area contributed by atoms with E-state index < -0.39 is 0 Å². The number of methoxy groups -OCH3 is 1. The van der Waals surface area contributed by atoms with Crippen molar-refractivity contribution in [3.05, 3.63) is 175 Å². The van der Waals surface area contributed by atoms with Gasteiger partial charge in [-0.15, -0.1) is 0 Å². The highest BCUT2D eigenvalue weighted by molar-refractivity contribution is 5.71. The molecule has 3 aromatic heterocycles. The standard InChI is InChI=1S/C29H32N6O3.C28H32N6O3.C27H28N6O3/c1-29(18-37-19-29)20-38-26-7-2-21(14-22(26)15-30)28-31-9-8-27(33-28)32-23-3-5-24(6-4-23)34-10-12-35(13-11-34)25-16-36-17-25;1-33-11-13-34(14-12-33)24-5-4-22(18-26(24)35-2)31-27-7-10-30-28(32-27)20-3-6-25(21(17-20)19-29)37-23-8-15-36-16-9-23;28-14-20-13-19(1-6-25(20)36-24-17-35-18-24)27-29-8-7-26(31-27)30-21-2-4-22(5-3-21)32-9-11-33(12-10-32)23-15-34-16-23/h2-9,14,25H,10-13,16-20H2,1H3,(H,31,32,33);3-7,10,17-18,23H,8-9,11-16H2,1-2H3,(H,30,31,32);1-8,13,23-24H,9-12,15-18H2,(H,29,30,31). The van der Waals surface area contributed by atoms with Gasteiger partial charge in [0.2, 0.25) is 0 Å². The van der Waals surface area contributed by atoms with Gasteiger partial charge in [0.15, 0.2) is 17.5 Å². The third-order valence-electron chi connectivity index (χ3n) is 21.1. The average molecular weight is 1500 g/mol. The second-order valence-electron chi connectivity index (χ2n) is 29.1. The molecule has 0 saturated carbocycles. The zero-order valence-electron chi connectivity index (χ0n) is 62.9. The molecule has 8 aliphatic rings. The van der Waals surface area contributed by atoms with Gasteiger partial charge < -0.3 is 78.2 Å². The van der Waals surface area contributed by atoms with Crippen LogP contribution < -0.4 is 49.6 Å². The molecule has 6 aromatic carbocycles. The lowest BCUT2D eigenvalue weighted by Crippen LogP contribution is -2.56. The fraction of sp³-hybridized carbons (Fsp3) is 0.393. The molecule has 111 heavy (non-hydrogen) atoms. The Morgan fingerprint density at radius 2 is 0.865 bits per heavy atom. The number of ether oxygens (including phenoxy) is 9. The zero-order valence-corrected chi connectivity index (χ0v) is 62.9. The van der Waals surface area contributed by atoms with E-state index in [-0.39, 0.29) is 17.6 Å². The molecule has 27 heteroatoms. The molecule has 0 amide bonds. The number of aromatic nitrogens is 6. The number of benzene rings is 6. The summed E-state index contributed by atoms with van der Waals surface area (Å²) in [6, 6.07) is 52.9. The third-order valence-corrected chi connectivity index (χ3v) is 21.1. The van der Waals surface area contributed by atoms with Crippen LogP contribution in [0.3, 0.4) is 0 Å². The molecule has 8 fully saturated rings. The topological polar surface area (TPSA) is 287 Å². The van der Waals surface area contributed by atoms with Gasteiger partial charge in [-0.1, -0.05) is 6.92 Å². The van der Waals surface area contributed by atoms with E-state index in [2.05, 4.69) is 162 Å². The molecule has 8 saturated heterocycles. The van der Waals surface area contributed by atoms with E-state index in [9.17, 15) is 15.8 Å². The van der Waals surface area contributed by atoms with Crippen LogP contribution >= 0.6 is 0 Å². The minimum Gasteiger partial charge on any atom is -0.495 e. The predicted octanol–water partition coefficient (Wildman–Crippen LogP) is 10.8. The Morgan fingerprint density at radius 1 is 0.441 bits per heavy atom. The van der Waals surface area contributed by atoms with Gasteiger partial charge in [0.05, 0.1) is 114 Å². The molecule has 9 aromatic rings. The largest absolute Gasteiger partial charge is 0.495 e. The first kappa shape index (κ1) is 75.1. The second-order valence-corrected chi connectivity index (χ2v) is 29.1. The summed E-state index contributed by atoms with van der Waals surface area (Å²) in [6.07, 6.45) is 6.86. The lowest BCUT2D eigenvalue weighted by Gasteiger charge is -2.43. The summed E-state index contributed by atoms with van der Waals surface area (Å²) < 4.78 is 50.1. The van der Waals surface area contributed by atoms with E-state index in [0.717, 1.165) is 163 Å². The maximum absolute atomic E-state index is 9.72. The molecule has 572 valence electrons.